The van der Waals surface area contributed by atoms with Crippen molar-refractivity contribution in [2.45, 2.75) is 32.7 Å². The van der Waals surface area contributed by atoms with Gasteiger partial charge in [-0.2, -0.15) is 0 Å². The first kappa shape index (κ1) is 17.3. The molecule has 3 heteroatoms. The summed E-state index contributed by atoms with van der Waals surface area (Å²) in [5.74, 6) is 0.248. The fourth-order valence-corrected chi connectivity index (χ4v) is 3.75. The zero-order chi connectivity index (χ0) is 18.8. The van der Waals surface area contributed by atoms with E-state index in [4.69, 9.17) is 0 Å². The van der Waals surface area contributed by atoms with E-state index in [-0.39, 0.29) is 11.5 Å². The minimum Gasteiger partial charge on any atom is -0.508 e. The second-order valence-electron chi connectivity index (χ2n) is 7.00. The Kier molecular flexibility index (Phi) is 4.68. The van der Waals surface area contributed by atoms with Crippen molar-refractivity contribution in [2.24, 2.45) is 0 Å². The number of hydrogen-bond donors (Lipinski definition) is 1. The average Bonchev–Trinajstić information content (AvgIpc) is 3.05. The summed E-state index contributed by atoms with van der Waals surface area (Å²) in [6.07, 6.45) is 5.29. The third kappa shape index (κ3) is 3.21. The first-order chi connectivity index (χ1) is 13.2. The van der Waals surface area contributed by atoms with Gasteiger partial charge in [0, 0.05) is 35.3 Å². The van der Waals surface area contributed by atoms with Crippen molar-refractivity contribution >= 4 is 27.5 Å². The Bertz CT molecular complexity index is 1120. The van der Waals surface area contributed by atoms with Crippen molar-refractivity contribution in [3.63, 3.8) is 0 Å². The number of nitrogens with zero attached hydrogens (tertiary/aromatic N) is 1. The number of hydrogen-bond acceptors (Lipinski definition) is 2. The normalized spacial score (nSPS) is 11.3. The third-order valence-electron chi connectivity index (χ3n) is 5.15. The van der Waals surface area contributed by atoms with Gasteiger partial charge in [-0.1, -0.05) is 62.2 Å². The molecule has 4 rings (SSSR count). The molecular formula is C24H23NO2. The number of rotatable bonds is 6. The van der Waals surface area contributed by atoms with E-state index >= 15 is 0 Å². The topological polar surface area (TPSA) is 42.2 Å². The number of ketones is 1. The van der Waals surface area contributed by atoms with E-state index in [1.807, 2.05) is 54.7 Å². The van der Waals surface area contributed by atoms with Crippen LogP contribution in [-0.4, -0.2) is 15.5 Å². The summed E-state index contributed by atoms with van der Waals surface area (Å²) in [6, 6.07) is 19.1. The monoisotopic (exact) mass is 357 g/mol. The quantitative estimate of drug-likeness (QED) is 0.344. The van der Waals surface area contributed by atoms with E-state index < -0.39 is 0 Å². The highest BCUT2D eigenvalue weighted by atomic mass is 16.3. The summed E-state index contributed by atoms with van der Waals surface area (Å²) >= 11 is 0. The molecule has 0 aliphatic heterocycles. The first-order valence-corrected chi connectivity index (χ1v) is 9.53. The molecule has 0 saturated heterocycles. The summed E-state index contributed by atoms with van der Waals surface area (Å²) < 4.78 is 2.10. The van der Waals surface area contributed by atoms with Crippen LogP contribution in [0, 0.1) is 0 Å². The number of aromatic hydroxyl groups is 1. The van der Waals surface area contributed by atoms with E-state index in [1.54, 1.807) is 12.1 Å². The zero-order valence-electron chi connectivity index (χ0n) is 15.5. The number of aryl methyl sites for hydroxylation is 1. The largest absolute Gasteiger partial charge is 0.508 e. The van der Waals surface area contributed by atoms with Gasteiger partial charge in [-0.25, -0.2) is 0 Å². The summed E-state index contributed by atoms with van der Waals surface area (Å²) in [5, 5.41) is 12.9. The molecule has 4 aromatic rings. The van der Waals surface area contributed by atoms with Crippen molar-refractivity contribution in [1.82, 2.24) is 4.57 Å². The van der Waals surface area contributed by atoms with Gasteiger partial charge in [-0.05, 0) is 29.3 Å². The van der Waals surface area contributed by atoms with Crippen LogP contribution in [0.15, 0.2) is 66.9 Å². The predicted octanol–water partition coefficient (Wildman–Crippen LogP) is 5.92. The Morgan fingerprint density at radius 1 is 0.926 bits per heavy atom. The molecule has 3 aromatic carbocycles. The molecule has 0 saturated carbocycles. The molecule has 1 N–H and O–H groups in total. The fourth-order valence-electron chi connectivity index (χ4n) is 3.75. The highest BCUT2D eigenvalue weighted by molar-refractivity contribution is 6.21. The number of unbranched alkanes of at least 4 members (excludes halogenated alkanes) is 2. The van der Waals surface area contributed by atoms with Gasteiger partial charge in [0.1, 0.15) is 5.75 Å². The number of benzene rings is 3. The second-order valence-corrected chi connectivity index (χ2v) is 7.00. The molecule has 0 radical (unpaired) electrons. The molecule has 3 nitrogen and oxygen atoms in total. The van der Waals surface area contributed by atoms with Gasteiger partial charge in [0.05, 0.1) is 5.52 Å². The molecule has 27 heavy (non-hydrogen) atoms. The van der Waals surface area contributed by atoms with Crippen LogP contribution in [0.2, 0.25) is 0 Å². The Morgan fingerprint density at radius 3 is 2.59 bits per heavy atom. The highest BCUT2D eigenvalue weighted by Gasteiger charge is 2.18. The first-order valence-electron chi connectivity index (χ1n) is 9.53. The Hall–Kier alpha value is -3.07. The van der Waals surface area contributed by atoms with Crippen LogP contribution in [0.5, 0.6) is 5.75 Å². The van der Waals surface area contributed by atoms with Crippen molar-refractivity contribution in [2.75, 3.05) is 0 Å². The smallest absolute Gasteiger partial charge is 0.195 e. The predicted molar refractivity (Wildman–Crippen MR) is 111 cm³/mol. The molecule has 0 bridgehead atoms. The molecule has 136 valence electrons. The van der Waals surface area contributed by atoms with E-state index in [2.05, 4.69) is 11.5 Å². The van der Waals surface area contributed by atoms with Gasteiger partial charge in [0.2, 0.25) is 0 Å². The van der Waals surface area contributed by atoms with Crippen LogP contribution in [0.3, 0.4) is 0 Å². The lowest BCUT2D eigenvalue weighted by Crippen LogP contribution is -2.02. The summed E-state index contributed by atoms with van der Waals surface area (Å²) in [5.41, 5.74) is 2.32. The molecule has 0 spiro atoms. The molecule has 0 amide bonds. The summed E-state index contributed by atoms with van der Waals surface area (Å²) in [7, 11) is 0. The molecule has 0 atom stereocenters. The van der Waals surface area contributed by atoms with Crippen LogP contribution in [0.1, 0.15) is 42.1 Å². The Morgan fingerprint density at radius 2 is 1.74 bits per heavy atom. The van der Waals surface area contributed by atoms with Crippen LogP contribution >= 0.6 is 0 Å². The van der Waals surface area contributed by atoms with Crippen molar-refractivity contribution in [3.8, 4) is 5.75 Å². The SMILES string of the molecule is CCCCCn1cc(C(=O)c2cccc3ccccc23)c2ccc(O)cc21. The van der Waals surface area contributed by atoms with E-state index in [0.717, 1.165) is 47.5 Å². The van der Waals surface area contributed by atoms with Gasteiger partial charge >= 0.3 is 0 Å². The number of aromatic nitrogens is 1. The van der Waals surface area contributed by atoms with Crippen LogP contribution < -0.4 is 0 Å². The number of carbonyl (C=O) groups excluding carboxylic acids is 1. The maximum atomic E-state index is 13.4. The molecule has 0 aliphatic rings. The van der Waals surface area contributed by atoms with Crippen molar-refractivity contribution in [1.29, 1.82) is 0 Å². The van der Waals surface area contributed by atoms with Crippen LogP contribution in [-0.2, 0) is 6.54 Å². The number of phenolic OH excluding ortho intramolecular Hbond substituents is 1. The fraction of sp³-hybridized carbons (Fsp3) is 0.208. The van der Waals surface area contributed by atoms with E-state index in [9.17, 15) is 9.90 Å². The Balaban J connectivity index is 1.84. The standard InChI is InChI=1S/C24H23NO2/c1-2-3-6-14-25-16-22(20-13-12-18(26)15-23(20)25)24(27)21-11-7-9-17-8-4-5-10-19(17)21/h4-5,7-13,15-16,26H,2-3,6,14H2,1H3. The Labute approximate surface area is 158 Å². The molecule has 1 heterocycles. The maximum absolute atomic E-state index is 13.4. The van der Waals surface area contributed by atoms with Gasteiger partial charge in [0.25, 0.3) is 0 Å². The van der Waals surface area contributed by atoms with Gasteiger partial charge < -0.3 is 9.67 Å². The summed E-state index contributed by atoms with van der Waals surface area (Å²) in [4.78, 5) is 13.4. The van der Waals surface area contributed by atoms with Crippen molar-refractivity contribution < 1.29 is 9.90 Å². The van der Waals surface area contributed by atoms with E-state index in [0.29, 0.717) is 11.1 Å². The zero-order valence-corrected chi connectivity index (χ0v) is 15.5. The lowest BCUT2D eigenvalue weighted by Gasteiger charge is -2.05. The van der Waals surface area contributed by atoms with Gasteiger partial charge in [0.15, 0.2) is 5.78 Å². The second kappa shape index (κ2) is 7.28. The minimum absolute atomic E-state index is 0.0248. The lowest BCUT2D eigenvalue weighted by molar-refractivity contribution is 0.104. The van der Waals surface area contributed by atoms with Crippen molar-refractivity contribution in [3.05, 3.63) is 78.0 Å². The number of carbonyl (C=O) groups is 1. The van der Waals surface area contributed by atoms with Crippen LogP contribution in [0.4, 0.5) is 0 Å². The number of phenols is 1. The third-order valence-corrected chi connectivity index (χ3v) is 5.15. The van der Waals surface area contributed by atoms with Gasteiger partial charge in [-0.3, -0.25) is 4.79 Å². The average molecular weight is 357 g/mol. The van der Waals surface area contributed by atoms with Gasteiger partial charge in [-0.15, -0.1) is 0 Å². The minimum atomic E-state index is 0.0248. The molecule has 1 aromatic heterocycles. The lowest BCUT2D eigenvalue weighted by atomic mass is 9.97. The molecule has 0 unspecified atom stereocenters. The highest BCUT2D eigenvalue weighted by Crippen LogP contribution is 2.29. The van der Waals surface area contributed by atoms with Crippen LogP contribution in [0.25, 0.3) is 21.7 Å². The maximum Gasteiger partial charge on any atom is 0.195 e. The summed E-state index contributed by atoms with van der Waals surface area (Å²) in [6.45, 7) is 3.02. The molecule has 0 aliphatic carbocycles. The van der Waals surface area contributed by atoms with E-state index in [1.165, 1.54) is 0 Å². The molecule has 0 fully saturated rings. The molecular weight excluding hydrogens is 334 g/mol. The number of fused-ring (bicyclic) bond motifs is 2.